The summed E-state index contributed by atoms with van der Waals surface area (Å²) in [7, 11) is 0. The Morgan fingerprint density at radius 3 is 2.71 bits per heavy atom. The van der Waals surface area contributed by atoms with Crippen molar-refractivity contribution in [1.29, 1.82) is 0 Å². The van der Waals surface area contributed by atoms with Crippen LogP contribution in [0.1, 0.15) is 24.2 Å². The molecule has 1 aromatic heterocycles. The Kier molecular flexibility index (Phi) is 3.77. The Balaban J connectivity index is 2.22. The van der Waals surface area contributed by atoms with Crippen LogP contribution in [-0.4, -0.2) is 9.67 Å². The molecular weight excluding hydrogens is 257 g/mol. The van der Waals surface area contributed by atoms with E-state index in [2.05, 4.69) is 0 Å². The molecule has 2 rings (SSSR count). The van der Waals surface area contributed by atoms with Crippen molar-refractivity contribution in [2.24, 2.45) is 0 Å². The molecule has 0 saturated carbocycles. The maximum atomic E-state index is 9.44. The predicted octanol–water partition coefficient (Wildman–Crippen LogP) is 3.90. The van der Waals surface area contributed by atoms with Crippen molar-refractivity contribution in [3.63, 3.8) is 0 Å². The number of aliphatic hydroxyl groups is 1. The second-order valence-corrected chi connectivity index (χ2v) is 4.79. The van der Waals surface area contributed by atoms with Crippen molar-refractivity contribution in [1.82, 2.24) is 4.57 Å². The van der Waals surface area contributed by atoms with Gasteiger partial charge < -0.3 is 9.67 Å². The van der Waals surface area contributed by atoms with Crippen molar-refractivity contribution in [2.75, 3.05) is 0 Å². The fourth-order valence-electron chi connectivity index (χ4n) is 1.67. The number of aromatic nitrogens is 1. The summed E-state index contributed by atoms with van der Waals surface area (Å²) < 4.78 is 1.97. The quantitative estimate of drug-likeness (QED) is 0.899. The predicted molar refractivity (Wildman–Crippen MR) is 70.6 cm³/mol. The van der Waals surface area contributed by atoms with Crippen molar-refractivity contribution < 1.29 is 5.11 Å². The van der Waals surface area contributed by atoms with Gasteiger partial charge in [0.15, 0.2) is 0 Å². The fourth-order valence-corrected chi connectivity index (χ4v) is 2.05. The van der Waals surface area contributed by atoms with Gasteiger partial charge in [0.25, 0.3) is 0 Å². The third-order valence-electron chi connectivity index (χ3n) is 2.64. The van der Waals surface area contributed by atoms with Crippen LogP contribution in [0.5, 0.6) is 0 Å². The van der Waals surface area contributed by atoms with Gasteiger partial charge in [0, 0.05) is 18.9 Å². The van der Waals surface area contributed by atoms with Gasteiger partial charge in [0.2, 0.25) is 0 Å². The maximum Gasteiger partial charge on any atom is 0.0776 e. The van der Waals surface area contributed by atoms with Crippen LogP contribution in [0.15, 0.2) is 36.7 Å². The van der Waals surface area contributed by atoms with Gasteiger partial charge in [-0.05, 0) is 30.2 Å². The molecule has 1 aromatic carbocycles. The second kappa shape index (κ2) is 5.13. The Morgan fingerprint density at radius 2 is 2.06 bits per heavy atom. The molecular formula is C13H13Cl2NO. The molecule has 1 N–H and O–H groups in total. The minimum absolute atomic E-state index is 0.453. The van der Waals surface area contributed by atoms with Crippen molar-refractivity contribution in [2.45, 2.75) is 19.6 Å². The molecule has 0 saturated heterocycles. The van der Waals surface area contributed by atoms with Gasteiger partial charge >= 0.3 is 0 Å². The summed E-state index contributed by atoms with van der Waals surface area (Å²) in [6, 6.07) is 7.48. The van der Waals surface area contributed by atoms with E-state index in [9.17, 15) is 5.11 Å². The summed E-state index contributed by atoms with van der Waals surface area (Å²) in [6.07, 6.45) is 3.37. The molecule has 4 heteroatoms. The van der Waals surface area contributed by atoms with E-state index in [1.54, 1.807) is 13.0 Å². The van der Waals surface area contributed by atoms with E-state index in [-0.39, 0.29) is 0 Å². The number of hydrogen-bond donors (Lipinski definition) is 1. The fraction of sp³-hybridized carbons (Fsp3) is 0.231. The first-order chi connectivity index (χ1) is 8.08. The van der Waals surface area contributed by atoms with E-state index >= 15 is 0 Å². The van der Waals surface area contributed by atoms with Crippen molar-refractivity contribution in [3.8, 4) is 0 Å². The van der Waals surface area contributed by atoms with Gasteiger partial charge in [-0.1, -0.05) is 35.3 Å². The largest absolute Gasteiger partial charge is 0.389 e. The Bertz CT molecular complexity index is 520. The number of hydrogen-bond acceptors (Lipinski definition) is 1. The first-order valence-corrected chi connectivity index (χ1v) is 6.10. The lowest BCUT2D eigenvalue weighted by atomic mass is 10.2. The summed E-state index contributed by atoms with van der Waals surface area (Å²) in [5.41, 5.74) is 1.86. The molecule has 1 unspecified atom stereocenters. The summed E-state index contributed by atoms with van der Waals surface area (Å²) >= 11 is 12.1. The molecule has 0 amide bonds. The lowest BCUT2D eigenvalue weighted by molar-refractivity contribution is 0.199. The third kappa shape index (κ3) is 2.83. The van der Waals surface area contributed by atoms with Gasteiger partial charge in [-0.2, -0.15) is 0 Å². The molecule has 0 bridgehead atoms. The zero-order valence-electron chi connectivity index (χ0n) is 9.40. The number of aliphatic hydroxyl groups excluding tert-OH is 1. The first-order valence-electron chi connectivity index (χ1n) is 5.34. The lowest BCUT2D eigenvalue weighted by Crippen LogP contribution is -1.98. The molecule has 0 radical (unpaired) electrons. The standard InChI is InChI=1S/C13H13Cl2NO/c1-9(17)10-5-6-16(7-10)8-11-3-2-4-12(14)13(11)15/h2-7,9,17H,8H2,1H3. The molecule has 0 spiro atoms. The van der Waals surface area contributed by atoms with Crippen LogP contribution in [0, 0.1) is 0 Å². The number of nitrogens with zero attached hydrogens (tertiary/aromatic N) is 1. The number of benzene rings is 1. The molecule has 2 aromatic rings. The van der Waals surface area contributed by atoms with E-state index in [0.29, 0.717) is 16.6 Å². The highest BCUT2D eigenvalue weighted by atomic mass is 35.5. The highest BCUT2D eigenvalue weighted by Crippen LogP contribution is 2.26. The van der Waals surface area contributed by atoms with E-state index in [0.717, 1.165) is 11.1 Å². The number of rotatable bonds is 3. The van der Waals surface area contributed by atoms with Gasteiger partial charge in [0.1, 0.15) is 0 Å². The van der Waals surface area contributed by atoms with Gasteiger partial charge in [0.05, 0.1) is 16.1 Å². The SMILES string of the molecule is CC(O)c1ccn(Cc2cccc(Cl)c2Cl)c1. The molecule has 17 heavy (non-hydrogen) atoms. The molecule has 2 nitrogen and oxygen atoms in total. The highest BCUT2D eigenvalue weighted by molar-refractivity contribution is 6.42. The molecule has 0 fully saturated rings. The molecule has 0 aliphatic carbocycles. The van der Waals surface area contributed by atoms with Crippen LogP contribution < -0.4 is 0 Å². The van der Waals surface area contributed by atoms with Crippen LogP contribution in [0.3, 0.4) is 0 Å². The van der Waals surface area contributed by atoms with Crippen LogP contribution in [-0.2, 0) is 6.54 Å². The molecule has 0 aliphatic rings. The minimum atomic E-state index is -0.453. The average Bonchev–Trinajstić information content (AvgIpc) is 2.73. The zero-order chi connectivity index (χ0) is 12.4. The van der Waals surface area contributed by atoms with Gasteiger partial charge in [-0.25, -0.2) is 0 Å². The normalized spacial score (nSPS) is 12.7. The topological polar surface area (TPSA) is 25.2 Å². The Morgan fingerprint density at radius 1 is 1.29 bits per heavy atom. The van der Waals surface area contributed by atoms with Crippen LogP contribution in [0.25, 0.3) is 0 Å². The van der Waals surface area contributed by atoms with Crippen LogP contribution >= 0.6 is 23.2 Å². The second-order valence-electron chi connectivity index (χ2n) is 4.01. The lowest BCUT2D eigenvalue weighted by Gasteiger charge is -2.07. The summed E-state index contributed by atoms with van der Waals surface area (Å²) in [6.45, 7) is 2.39. The molecule has 0 aliphatic heterocycles. The monoisotopic (exact) mass is 269 g/mol. The Labute approximate surface area is 110 Å². The Hall–Kier alpha value is -0.960. The molecule has 1 atom stereocenters. The van der Waals surface area contributed by atoms with Crippen molar-refractivity contribution >= 4 is 23.2 Å². The maximum absolute atomic E-state index is 9.44. The summed E-state index contributed by atoms with van der Waals surface area (Å²) in [4.78, 5) is 0. The van der Waals surface area contributed by atoms with E-state index in [4.69, 9.17) is 23.2 Å². The van der Waals surface area contributed by atoms with E-state index < -0.39 is 6.10 Å². The van der Waals surface area contributed by atoms with Crippen LogP contribution in [0.4, 0.5) is 0 Å². The van der Waals surface area contributed by atoms with E-state index in [1.807, 2.05) is 35.2 Å². The van der Waals surface area contributed by atoms with E-state index in [1.165, 1.54) is 0 Å². The van der Waals surface area contributed by atoms with Crippen LogP contribution in [0.2, 0.25) is 10.0 Å². The smallest absolute Gasteiger partial charge is 0.0776 e. The number of halogens is 2. The first kappa shape index (κ1) is 12.5. The molecule has 90 valence electrons. The van der Waals surface area contributed by atoms with Crippen molar-refractivity contribution in [3.05, 3.63) is 57.8 Å². The average molecular weight is 270 g/mol. The summed E-state index contributed by atoms with van der Waals surface area (Å²) in [5, 5.41) is 10.6. The zero-order valence-corrected chi connectivity index (χ0v) is 10.9. The third-order valence-corrected chi connectivity index (χ3v) is 3.50. The van der Waals surface area contributed by atoms with Gasteiger partial charge in [-0.3, -0.25) is 0 Å². The molecule has 1 heterocycles. The van der Waals surface area contributed by atoms with Gasteiger partial charge in [-0.15, -0.1) is 0 Å². The minimum Gasteiger partial charge on any atom is -0.389 e. The highest BCUT2D eigenvalue weighted by Gasteiger charge is 2.06. The summed E-state index contributed by atoms with van der Waals surface area (Å²) in [5.74, 6) is 0.